The average Bonchev–Trinajstić information content (AvgIpc) is 2.98. The maximum Gasteiger partial charge on any atom is 0.119 e. The Bertz CT molecular complexity index is 358. The molecule has 3 nitrogen and oxygen atoms in total. The van der Waals surface area contributed by atoms with E-state index in [4.69, 9.17) is 9.47 Å². The van der Waals surface area contributed by atoms with Crippen LogP contribution >= 0.6 is 0 Å². The van der Waals surface area contributed by atoms with E-state index in [0.717, 1.165) is 45.1 Å². The summed E-state index contributed by atoms with van der Waals surface area (Å²) in [7, 11) is 0. The highest BCUT2D eigenvalue weighted by molar-refractivity contribution is 5.27. The van der Waals surface area contributed by atoms with Gasteiger partial charge in [-0.1, -0.05) is 31.9 Å². The molecule has 0 aromatic heterocycles. The summed E-state index contributed by atoms with van der Waals surface area (Å²) in [5, 5.41) is 3.50. The fraction of sp³-hybridized carbons (Fsp3) is 0.647. The molecular formula is C17H27NO2. The van der Waals surface area contributed by atoms with Crippen LogP contribution in [0.5, 0.6) is 5.75 Å². The Morgan fingerprint density at radius 3 is 2.80 bits per heavy atom. The molecular weight excluding hydrogens is 250 g/mol. The Hall–Kier alpha value is -1.06. The van der Waals surface area contributed by atoms with Crippen LogP contribution in [0.1, 0.15) is 38.2 Å². The van der Waals surface area contributed by atoms with E-state index in [1.807, 2.05) is 0 Å². The van der Waals surface area contributed by atoms with Crippen molar-refractivity contribution < 1.29 is 9.47 Å². The van der Waals surface area contributed by atoms with Crippen molar-refractivity contribution >= 4 is 0 Å². The summed E-state index contributed by atoms with van der Waals surface area (Å²) in [4.78, 5) is 0. The Kier molecular flexibility index (Phi) is 6.89. The van der Waals surface area contributed by atoms with E-state index in [0.29, 0.717) is 5.92 Å². The number of ether oxygens (including phenoxy) is 2. The first-order chi connectivity index (χ1) is 9.88. The third kappa shape index (κ3) is 5.51. The zero-order valence-corrected chi connectivity index (χ0v) is 12.6. The van der Waals surface area contributed by atoms with Crippen LogP contribution in [-0.2, 0) is 11.3 Å². The van der Waals surface area contributed by atoms with Crippen LogP contribution in [-0.4, -0.2) is 26.4 Å². The van der Waals surface area contributed by atoms with Crippen LogP contribution < -0.4 is 10.1 Å². The van der Waals surface area contributed by atoms with E-state index >= 15 is 0 Å². The van der Waals surface area contributed by atoms with Gasteiger partial charge < -0.3 is 14.8 Å². The molecule has 0 radical (unpaired) electrons. The smallest absolute Gasteiger partial charge is 0.119 e. The van der Waals surface area contributed by atoms with Crippen molar-refractivity contribution in [3.8, 4) is 5.75 Å². The molecule has 1 aromatic rings. The van der Waals surface area contributed by atoms with Crippen molar-refractivity contribution in [2.45, 2.75) is 39.2 Å². The van der Waals surface area contributed by atoms with E-state index in [1.165, 1.54) is 24.8 Å². The minimum Gasteiger partial charge on any atom is -0.494 e. The van der Waals surface area contributed by atoms with Gasteiger partial charge in [0.25, 0.3) is 0 Å². The molecule has 112 valence electrons. The standard InChI is InChI=1S/C17H27NO2/c1-2-3-4-10-20-17-7-5-15(6-8-17)12-18-13-16-9-11-19-14-16/h5-8,16,18H,2-4,9-14H2,1H3. The molecule has 1 atom stereocenters. The third-order valence-electron chi connectivity index (χ3n) is 3.73. The number of hydrogen-bond donors (Lipinski definition) is 1. The molecule has 0 aliphatic carbocycles. The van der Waals surface area contributed by atoms with Gasteiger partial charge in [-0.2, -0.15) is 0 Å². The number of unbranched alkanes of at least 4 members (excludes halogenated alkanes) is 2. The fourth-order valence-corrected chi connectivity index (χ4v) is 2.41. The van der Waals surface area contributed by atoms with Gasteiger partial charge in [0.2, 0.25) is 0 Å². The Balaban J connectivity index is 1.63. The molecule has 1 fully saturated rings. The molecule has 1 heterocycles. The van der Waals surface area contributed by atoms with Gasteiger partial charge in [0, 0.05) is 19.7 Å². The lowest BCUT2D eigenvalue weighted by Crippen LogP contribution is -2.22. The maximum absolute atomic E-state index is 5.71. The van der Waals surface area contributed by atoms with Gasteiger partial charge in [0.15, 0.2) is 0 Å². The normalized spacial score (nSPS) is 18.4. The second-order valence-corrected chi connectivity index (χ2v) is 5.56. The number of rotatable bonds is 9. The molecule has 0 amide bonds. The average molecular weight is 277 g/mol. The molecule has 0 spiro atoms. The minimum atomic E-state index is 0.691. The summed E-state index contributed by atoms with van der Waals surface area (Å²) >= 11 is 0. The van der Waals surface area contributed by atoms with Crippen LogP contribution in [0, 0.1) is 5.92 Å². The summed E-state index contributed by atoms with van der Waals surface area (Å²) in [6.45, 7) is 6.85. The Morgan fingerprint density at radius 1 is 1.25 bits per heavy atom. The van der Waals surface area contributed by atoms with Crippen molar-refractivity contribution in [2.24, 2.45) is 5.92 Å². The molecule has 1 N–H and O–H groups in total. The van der Waals surface area contributed by atoms with Crippen molar-refractivity contribution in [2.75, 3.05) is 26.4 Å². The number of nitrogens with one attached hydrogen (secondary N) is 1. The van der Waals surface area contributed by atoms with Gasteiger partial charge in [0.1, 0.15) is 5.75 Å². The zero-order chi connectivity index (χ0) is 14.0. The number of benzene rings is 1. The summed E-state index contributed by atoms with van der Waals surface area (Å²) in [5.74, 6) is 1.67. The summed E-state index contributed by atoms with van der Waals surface area (Å²) in [5.41, 5.74) is 1.31. The quantitative estimate of drug-likeness (QED) is 0.702. The van der Waals surface area contributed by atoms with Crippen molar-refractivity contribution in [3.63, 3.8) is 0 Å². The highest BCUT2D eigenvalue weighted by Gasteiger charge is 2.14. The van der Waals surface area contributed by atoms with Crippen LogP contribution in [0.25, 0.3) is 0 Å². The van der Waals surface area contributed by atoms with E-state index in [1.54, 1.807) is 0 Å². The van der Waals surface area contributed by atoms with E-state index < -0.39 is 0 Å². The van der Waals surface area contributed by atoms with Crippen molar-refractivity contribution in [1.82, 2.24) is 5.32 Å². The van der Waals surface area contributed by atoms with Gasteiger partial charge in [0.05, 0.1) is 13.2 Å². The fourth-order valence-electron chi connectivity index (χ4n) is 2.41. The molecule has 0 saturated carbocycles. The highest BCUT2D eigenvalue weighted by Crippen LogP contribution is 2.14. The van der Waals surface area contributed by atoms with Gasteiger partial charge in [-0.05, 0) is 36.5 Å². The summed E-state index contributed by atoms with van der Waals surface area (Å²) in [6, 6.07) is 8.43. The zero-order valence-electron chi connectivity index (χ0n) is 12.6. The van der Waals surface area contributed by atoms with E-state index in [-0.39, 0.29) is 0 Å². The molecule has 1 aliphatic heterocycles. The molecule has 1 unspecified atom stereocenters. The predicted molar refractivity (Wildman–Crippen MR) is 82.1 cm³/mol. The molecule has 1 saturated heterocycles. The SMILES string of the molecule is CCCCCOc1ccc(CNCC2CCOC2)cc1. The topological polar surface area (TPSA) is 30.5 Å². The van der Waals surface area contributed by atoms with Crippen LogP contribution in [0.15, 0.2) is 24.3 Å². The van der Waals surface area contributed by atoms with Crippen molar-refractivity contribution in [1.29, 1.82) is 0 Å². The molecule has 1 aromatic carbocycles. The first kappa shape index (κ1) is 15.3. The molecule has 20 heavy (non-hydrogen) atoms. The Labute approximate surface area is 122 Å². The van der Waals surface area contributed by atoms with E-state index in [2.05, 4.69) is 36.5 Å². The lowest BCUT2D eigenvalue weighted by atomic mass is 10.1. The lowest BCUT2D eigenvalue weighted by molar-refractivity contribution is 0.185. The van der Waals surface area contributed by atoms with Crippen LogP contribution in [0.2, 0.25) is 0 Å². The second kappa shape index (κ2) is 8.98. The van der Waals surface area contributed by atoms with Gasteiger partial charge in [-0.3, -0.25) is 0 Å². The highest BCUT2D eigenvalue weighted by atomic mass is 16.5. The van der Waals surface area contributed by atoms with Crippen LogP contribution in [0.3, 0.4) is 0 Å². The summed E-state index contributed by atoms with van der Waals surface area (Å²) < 4.78 is 11.1. The summed E-state index contributed by atoms with van der Waals surface area (Å²) in [6.07, 6.45) is 4.81. The molecule has 3 heteroatoms. The first-order valence-corrected chi connectivity index (χ1v) is 7.88. The lowest BCUT2D eigenvalue weighted by Gasteiger charge is -2.10. The van der Waals surface area contributed by atoms with E-state index in [9.17, 15) is 0 Å². The minimum absolute atomic E-state index is 0.691. The van der Waals surface area contributed by atoms with Gasteiger partial charge in [-0.15, -0.1) is 0 Å². The third-order valence-corrected chi connectivity index (χ3v) is 3.73. The predicted octanol–water partition coefficient (Wildman–Crippen LogP) is 3.38. The van der Waals surface area contributed by atoms with Gasteiger partial charge in [-0.25, -0.2) is 0 Å². The largest absolute Gasteiger partial charge is 0.494 e. The molecule has 0 bridgehead atoms. The number of hydrogen-bond acceptors (Lipinski definition) is 3. The van der Waals surface area contributed by atoms with Gasteiger partial charge >= 0.3 is 0 Å². The maximum atomic E-state index is 5.71. The molecule has 1 aliphatic rings. The second-order valence-electron chi connectivity index (χ2n) is 5.56. The van der Waals surface area contributed by atoms with Crippen molar-refractivity contribution in [3.05, 3.63) is 29.8 Å². The monoisotopic (exact) mass is 277 g/mol. The first-order valence-electron chi connectivity index (χ1n) is 7.88. The van der Waals surface area contributed by atoms with Crippen LogP contribution in [0.4, 0.5) is 0 Å². The Morgan fingerprint density at radius 2 is 2.10 bits per heavy atom. The molecule has 2 rings (SSSR count).